The maximum absolute atomic E-state index is 10.1. The Hall–Kier alpha value is -0.530. The van der Waals surface area contributed by atoms with E-state index in [4.69, 9.17) is 0 Å². The largest absolute Gasteiger partial charge is 0.466 e. The van der Waals surface area contributed by atoms with Crippen LogP contribution in [0.5, 0.6) is 0 Å². The van der Waals surface area contributed by atoms with Gasteiger partial charge in [0.05, 0.1) is 6.61 Å². The van der Waals surface area contributed by atoms with E-state index in [-0.39, 0.29) is 5.97 Å². The molecule has 10 heavy (non-hydrogen) atoms. The standard InChI is InChI=1S/C6H12O2.C2H5/c1-3-4-5-8-6(2)7;1-2/h3-5H2,1-2H3;1H2,2H3. The van der Waals surface area contributed by atoms with E-state index in [9.17, 15) is 4.79 Å². The Morgan fingerprint density at radius 3 is 2.30 bits per heavy atom. The van der Waals surface area contributed by atoms with Crippen LogP contribution in [0.3, 0.4) is 0 Å². The molecule has 0 bridgehead atoms. The minimum absolute atomic E-state index is 0.182. The Morgan fingerprint density at radius 1 is 1.50 bits per heavy atom. The van der Waals surface area contributed by atoms with Crippen molar-refractivity contribution in [2.75, 3.05) is 6.61 Å². The second-order valence-electron chi connectivity index (χ2n) is 1.69. The summed E-state index contributed by atoms with van der Waals surface area (Å²) in [4.78, 5) is 10.1. The molecule has 2 heteroatoms. The Bertz CT molecular complexity index is 69.7. The zero-order chi connectivity index (χ0) is 8.41. The number of hydrogen-bond donors (Lipinski definition) is 0. The fourth-order valence-electron chi connectivity index (χ4n) is 0.360. The number of ether oxygens (including phenoxy) is 1. The van der Waals surface area contributed by atoms with Gasteiger partial charge in [0.25, 0.3) is 0 Å². The topological polar surface area (TPSA) is 26.3 Å². The van der Waals surface area contributed by atoms with Crippen molar-refractivity contribution >= 4 is 5.97 Å². The first kappa shape index (κ1) is 12.2. The van der Waals surface area contributed by atoms with Crippen LogP contribution in [0.4, 0.5) is 0 Å². The molecule has 0 saturated carbocycles. The SMILES string of the molecule is CCCCOC(C)=O.[CH2]C. The fraction of sp³-hybridized carbons (Fsp3) is 0.750. The highest BCUT2D eigenvalue weighted by atomic mass is 16.5. The predicted octanol–water partition coefficient (Wildman–Crippen LogP) is 2.19. The summed E-state index contributed by atoms with van der Waals surface area (Å²) in [6, 6.07) is 0. The molecule has 0 aromatic rings. The highest BCUT2D eigenvalue weighted by Gasteiger charge is 1.88. The second kappa shape index (κ2) is 11.3. The zero-order valence-corrected chi connectivity index (χ0v) is 7.14. The average molecular weight is 145 g/mol. The van der Waals surface area contributed by atoms with Gasteiger partial charge in [-0.3, -0.25) is 4.79 Å². The van der Waals surface area contributed by atoms with Crippen molar-refractivity contribution in [1.82, 2.24) is 0 Å². The van der Waals surface area contributed by atoms with Crippen LogP contribution < -0.4 is 0 Å². The van der Waals surface area contributed by atoms with Gasteiger partial charge in [-0.1, -0.05) is 27.2 Å². The van der Waals surface area contributed by atoms with E-state index in [1.54, 1.807) is 6.92 Å². The third kappa shape index (κ3) is 15.6. The van der Waals surface area contributed by atoms with Gasteiger partial charge in [-0.25, -0.2) is 0 Å². The van der Waals surface area contributed by atoms with Crippen molar-refractivity contribution < 1.29 is 9.53 Å². The van der Waals surface area contributed by atoms with Gasteiger partial charge in [0.2, 0.25) is 0 Å². The molecule has 0 saturated heterocycles. The molecule has 0 spiro atoms. The van der Waals surface area contributed by atoms with Gasteiger partial charge >= 0.3 is 5.97 Å². The molecule has 0 fully saturated rings. The Balaban J connectivity index is 0. The van der Waals surface area contributed by atoms with Crippen LogP contribution in [-0.2, 0) is 9.53 Å². The Morgan fingerprint density at radius 2 is 2.00 bits per heavy atom. The first-order valence-corrected chi connectivity index (χ1v) is 3.61. The molecule has 61 valence electrons. The molecular formula is C8H17O2. The smallest absolute Gasteiger partial charge is 0.302 e. The maximum atomic E-state index is 10.1. The third-order valence-corrected chi connectivity index (χ3v) is 0.803. The van der Waals surface area contributed by atoms with E-state index in [0.29, 0.717) is 6.61 Å². The van der Waals surface area contributed by atoms with Crippen LogP contribution in [0.15, 0.2) is 0 Å². The summed E-state index contributed by atoms with van der Waals surface area (Å²) in [6.07, 6.45) is 2.05. The van der Waals surface area contributed by atoms with Gasteiger partial charge in [0, 0.05) is 6.92 Å². The van der Waals surface area contributed by atoms with Gasteiger partial charge in [0.15, 0.2) is 0 Å². The van der Waals surface area contributed by atoms with Crippen molar-refractivity contribution in [2.45, 2.75) is 33.6 Å². The minimum atomic E-state index is -0.182. The summed E-state index contributed by atoms with van der Waals surface area (Å²) in [5.41, 5.74) is 0. The van der Waals surface area contributed by atoms with Crippen molar-refractivity contribution in [2.24, 2.45) is 0 Å². The lowest BCUT2D eigenvalue weighted by Gasteiger charge is -1.96. The number of esters is 1. The molecule has 0 aromatic carbocycles. The molecule has 0 aromatic heterocycles. The van der Waals surface area contributed by atoms with Gasteiger partial charge in [0.1, 0.15) is 0 Å². The van der Waals surface area contributed by atoms with Gasteiger partial charge in [-0.05, 0) is 6.42 Å². The monoisotopic (exact) mass is 145 g/mol. The number of hydrogen-bond acceptors (Lipinski definition) is 2. The lowest BCUT2D eigenvalue weighted by Crippen LogP contribution is -1.99. The predicted molar refractivity (Wildman–Crippen MR) is 42.6 cm³/mol. The third-order valence-electron chi connectivity index (χ3n) is 0.803. The molecule has 0 N–H and O–H groups in total. The molecule has 0 heterocycles. The molecule has 0 aliphatic carbocycles. The minimum Gasteiger partial charge on any atom is -0.466 e. The molecule has 0 aliphatic heterocycles. The van der Waals surface area contributed by atoms with E-state index in [1.807, 2.05) is 0 Å². The first-order chi connectivity index (χ1) is 4.77. The lowest BCUT2D eigenvalue weighted by molar-refractivity contribution is -0.141. The van der Waals surface area contributed by atoms with Crippen LogP contribution >= 0.6 is 0 Å². The van der Waals surface area contributed by atoms with Crippen LogP contribution in [0.2, 0.25) is 0 Å². The molecule has 2 nitrogen and oxygen atoms in total. The Kier molecular flexibility index (Phi) is 13.7. The van der Waals surface area contributed by atoms with E-state index in [2.05, 4.69) is 18.6 Å². The summed E-state index contributed by atoms with van der Waals surface area (Å²) in [7, 11) is 0. The summed E-state index contributed by atoms with van der Waals surface area (Å²) in [5.74, 6) is -0.182. The summed E-state index contributed by atoms with van der Waals surface area (Å²) in [5, 5.41) is 0. The van der Waals surface area contributed by atoms with Gasteiger partial charge in [-0.2, -0.15) is 0 Å². The Labute approximate surface area is 63.6 Å². The highest BCUT2D eigenvalue weighted by Crippen LogP contribution is 1.86. The van der Waals surface area contributed by atoms with Crippen molar-refractivity contribution in [1.29, 1.82) is 0 Å². The number of rotatable bonds is 3. The molecule has 0 amide bonds. The van der Waals surface area contributed by atoms with Gasteiger partial charge < -0.3 is 4.74 Å². The molecule has 1 radical (unpaired) electrons. The van der Waals surface area contributed by atoms with Crippen LogP contribution in [0.1, 0.15) is 33.6 Å². The molecule has 0 atom stereocenters. The molecule has 0 aliphatic rings. The van der Waals surface area contributed by atoms with E-state index >= 15 is 0 Å². The van der Waals surface area contributed by atoms with Crippen LogP contribution in [-0.4, -0.2) is 12.6 Å². The summed E-state index contributed by atoms with van der Waals surface area (Å²) in [6.45, 7) is 9.06. The van der Waals surface area contributed by atoms with Crippen molar-refractivity contribution in [3.05, 3.63) is 6.92 Å². The number of unbranched alkanes of at least 4 members (excludes halogenated alkanes) is 1. The molecule has 0 rings (SSSR count). The van der Waals surface area contributed by atoms with Crippen LogP contribution in [0, 0.1) is 6.92 Å². The quantitative estimate of drug-likeness (QED) is 0.449. The fourth-order valence-corrected chi connectivity index (χ4v) is 0.360. The molecule has 0 unspecified atom stereocenters. The lowest BCUT2D eigenvalue weighted by atomic mass is 10.4. The first-order valence-electron chi connectivity index (χ1n) is 3.61. The highest BCUT2D eigenvalue weighted by molar-refractivity contribution is 5.65. The maximum Gasteiger partial charge on any atom is 0.302 e. The number of carbonyl (C=O) groups is 1. The second-order valence-corrected chi connectivity index (χ2v) is 1.69. The van der Waals surface area contributed by atoms with Gasteiger partial charge in [-0.15, -0.1) is 0 Å². The zero-order valence-electron chi connectivity index (χ0n) is 7.14. The summed E-state index contributed by atoms with van der Waals surface area (Å²) >= 11 is 0. The van der Waals surface area contributed by atoms with E-state index < -0.39 is 0 Å². The normalized spacial score (nSPS) is 7.60. The van der Waals surface area contributed by atoms with Crippen molar-refractivity contribution in [3.63, 3.8) is 0 Å². The number of carbonyl (C=O) groups excluding carboxylic acids is 1. The average Bonchev–Trinajstić information content (AvgIpc) is 1.92. The van der Waals surface area contributed by atoms with Crippen molar-refractivity contribution in [3.8, 4) is 0 Å². The molecular weight excluding hydrogens is 128 g/mol. The summed E-state index contributed by atoms with van der Waals surface area (Å²) < 4.78 is 4.64. The van der Waals surface area contributed by atoms with Crippen LogP contribution in [0.25, 0.3) is 0 Å². The van der Waals surface area contributed by atoms with E-state index in [0.717, 1.165) is 12.8 Å². The van der Waals surface area contributed by atoms with E-state index in [1.165, 1.54) is 6.92 Å².